The van der Waals surface area contributed by atoms with Crippen LogP contribution in [0.25, 0.3) is 0 Å². The summed E-state index contributed by atoms with van der Waals surface area (Å²) in [5.41, 5.74) is -0.592. The smallest absolute Gasteiger partial charge is 0.408 e. The first-order valence-corrected chi connectivity index (χ1v) is 17.1. The monoisotopic (exact) mass is 513 g/mol. The van der Waals surface area contributed by atoms with E-state index in [1.165, 1.54) is 64.2 Å². The molecule has 0 fully saturated rings. The standard InChI is InChI=1S/C29H59NO4Si/c1-10-11-12-13-14-15-16-17-18-19-20-21-22-23-26(34-35(8,9)29(5,6)7)25(24-31)30-27(32)33-28(2,3)4/h22-23,25-26,31H,10-21,24H2,1-9H3,(H,30,32)/b23-22+/t25-,26+/m0/s1. The van der Waals surface area contributed by atoms with Crippen LogP contribution in [0.1, 0.15) is 126 Å². The Labute approximate surface area is 219 Å². The van der Waals surface area contributed by atoms with Gasteiger partial charge in [0.25, 0.3) is 0 Å². The Morgan fingerprint density at radius 1 is 0.886 bits per heavy atom. The number of aliphatic hydroxyl groups excluding tert-OH is 1. The van der Waals surface area contributed by atoms with E-state index in [-0.39, 0.29) is 17.7 Å². The van der Waals surface area contributed by atoms with E-state index in [2.05, 4.69) is 52.2 Å². The number of amides is 1. The van der Waals surface area contributed by atoms with Crippen molar-refractivity contribution < 1.29 is 19.1 Å². The summed E-state index contributed by atoms with van der Waals surface area (Å²) in [5.74, 6) is 0. The van der Waals surface area contributed by atoms with Crippen LogP contribution in [0.4, 0.5) is 4.79 Å². The number of unbranched alkanes of at least 4 members (excludes halogenated alkanes) is 11. The van der Waals surface area contributed by atoms with Gasteiger partial charge in [-0.2, -0.15) is 0 Å². The van der Waals surface area contributed by atoms with Gasteiger partial charge in [0, 0.05) is 0 Å². The van der Waals surface area contributed by atoms with Gasteiger partial charge in [-0.3, -0.25) is 0 Å². The normalized spacial score (nSPS) is 14.8. The van der Waals surface area contributed by atoms with Crippen molar-refractivity contribution in [3.63, 3.8) is 0 Å². The van der Waals surface area contributed by atoms with Crippen molar-refractivity contribution >= 4 is 14.4 Å². The third-order valence-corrected chi connectivity index (χ3v) is 11.3. The summed E-state index contributed by atoms with van der Waals surface area (Å²) in [5, 5.41) is 12.9. The molecule has 0 bridgehead atoms. The number of carbonyl (C=O) groups is 1. The highest BCUT2D eigenvalue weighted by Crippen LogP contribution is 2.37. The van der Waals surface area contributed by atoms with Crippen LogP contribution in [0.15, 0.2) is 12.2 Å². The molecule has 0 heterocycles. The van der Waals surface area contributed by atoms with Gasteiger partial charge < -0.3 is 19.6 Å². The zero-order chi connectivity index (χ0) is 27.0. The van der Waals surface area contributed by atoms with Gasteiger partial charge in [-0.05, 0) is 51.7 Å². The third kappa shape index (κ3) is 17.3. The molecule has 35 heavy (non-hydrogen) atoms. The molecular formula is C29H59NO4Si. The minimum Gasteiger partial charge on any atom is -0.444 e. The van der Waals surface area contributed by atoms with Crippen LogP contribution in [0.2, 0.25) is 18.1 Å². The molecule has 6 heteroatoms. The van der Waals surface area contributed by atoms with Crippen LogP contribution in [0, 0.1) is 0 Å². The number of allylic oxidation sites excluding steroid dienone is 1. The molecule has 5 nitrogen and oxygen atoms in total. The largest absolute Gasteiger partial charge is 0.444 e. The van der Waals surface area contributed by atoms with E-state index in [0.717, 1.165) is 12.8 Å². The van der Waals surface area contributed by atoms with Crippen molar-refractivity contribution in [1.82, 2.24) is 5.32 Å². The molecular weight excluding hydrogens is 454 g/mol. The zero-order valence-electron chi connectivity index (χ0n) is 24.7. The average molecular weight is 514 g/mol. The summed E-state index contributed by atoms with van der Waals surface area (Å²) in [6.07, 6.45) is 18.9. The summed E-state index contributed by atoms with van der Waals surface area (Å²) in [6, 6.07) is -0.549. The van der Waals surface area contributed by atoms with Gasteiger partial charge in [-0.25, -0.2) is 4.79 Å². The Hall–Kier alpha value is -0.853. The predicted molar refractivity (Wildman–Crippen MR) is 153 cm³/mol. The Bertz CT molecular complexity index is 578. The van der Waals surface area contributed by atoms with Gasteiger partial charge in [-0.1, -0.05) is 104 Å². The van der Waals surface area contributed by atoms with E-state index in [1.807, 2.05) is 26.8 Å². The molecule has 1 amide bonds. The molecule has 0 aliphatic heterocycles. The molecule has 0 radical (unpaired) electrons. The van der Waals surface area contributed by atoms with E-state index in [0.29, 0.717) is 0 Å². The van der Waals surface area contributed by atoms with Gasteiger partial charge in [0.05, 0.1) is 18.8 Å². The second kappa shape index (κ2) is 17.6. The van der Waals surface area contributed by atoms with Crippen LogP contribution in [0.5, 0.6) is 0 Å². The molecule has 0 rings (SSSR count). The average Bonchev–Trinajstić information content (AvgIpc) is 2.72. The van der Waals surface area contributed by atoms with E-state index in [9.17, 15) is 9.90 Å². The maximum atomic E-state index is 12.4. The number of nitrogens with one attached hydrogen (secondary N) is 1. The number of hydrogen-bond acceptors (Lipinski definition) is 4. The molecule has 0 aliphatic rings. The molecule has 0 aromatic heterocycles. The van der Waals surface area contributed by atoms with Gasteiger partial charge in [0.2, 0.25) is 0 Å². The highest BCUT2D eigenvalue weighted by Gasteiger charge is 2.40. The first-order chi connectivity index (χ1) is 16.2. The summed E-state index contributed by atoms with van der Waals surface area (Å²) in [7, 11) is -2.10. The molecule has 0 aromatic rings. The first kappa shape index (κ1) is 34.1. The Morgan fingerprint density at radius 3 is 1.80 bits per heavy atom. The maximum Gasteiger partial charge on any atom is 0.408 e. The molecule has 2 atom stereocenters. The van der Waals surface area contributed by atoms with Gasteiger partial charge >= 0.3 is 6.09 Å². The lowest BCUT2D eigenvalue weighted by Gasteiger charge is -2.40. The number of rotatable bonds is 18. The predicted octanol–water partition coefficient (Wildman–Crippen LogP) is 8.52. The second-order valence-electron chi connectivity index (χ2n) is 12.5. The Balaban J connectivity index is 4.71. The Kier molecular flexibility index (Phi) is 17.1. The van der Waals surface area contributed by atoms with Crippen LogP contribution >= 0.6 is 0 Å². The van der Waals surface area contributed by atoms with E-state index < -0.39 is 26.1 Å². The molecule has 0 unspecified atom stereocenters. The fourth-order valence-electron chi connectivity index (χ4n) is 3.62. The fraction of sp³-hybridized carbons (Fsp3) is 0.897. The highest BCUT2D eigenvalue weighted by atomic mass is 28.4. The molecule has 2 N–H and O–H groups in total. The third-order valence-electron chi connectivity index (χ3n) is 6.83. The second-order valence-corrected chi connectivity index (χ2v) is 17.3. The van der Waals surface area contributed by atoms with Gasteiger partial charge in [0.15, 0.2) is 8.32 Å². The van der Waals surface area contributed by atoms with Crippen molar-refractivity contribution in [2.24, 2.45) is 0 Å². The van der Waals surface area contributed by atoms with Crippen molar-refractivity contribution in [3.8, 4) is 0 Å². The fourth-order valence-corrected chi connectivity index (χ4v) is 4.90. The van der Waals surface area contributed by atoms with Crippen LogP contribution in [0.3, 0.4) is 0 Å². The number of hydrogen-bond donors (Lipinski definition) is 2. The minimum atomic E-state index is -2.10. The molecule has 0 saturated carbocycles. The lowest BCUT2D eigenvalue weighted by Crippen LogP contribution is -2.53. The van der Waals surface area contributed by atoms with Gasteiger partial charge in [-0.15, -0.1) is 0 Å². The number of aliphatic hydroxyl groups is 1. The van der Waals surface area contributed by atoms with Crippen LogP contribution in [-0.4, -0.2) is 43.9 Å². The van der Waals surface area contributed by atoms with Crippen molar-refractivity contribution in [1.29, 1.82) is 0 Å². The van der Waals surface area contributed by atoms with Crippen molar-refractivity contribution in [2.45, 2.75) is 161 Å². The lowest BCUT2D eigenvalue weighted by atomic mass is 10.0. The van der Waals surface area contributed by atoms with E-state index in [4.69, 9.17) is 9.16 Å². The van der Waals surface area contributed by atoms with Crippen LogP contribution < -0.4 is 5.32 Å². The Morgan fingerprint density at radius 2 is 1.37 bits per heavy atom. The summed E-state index contributed by atoms with van der Waals surface area (Å²) >= 11 is 0. The minimum absolute atomic E-state index is 0.0288. The SMILES string of the molecule is CCCCCCCCCCCCC/C=C/[C@@H](O[Si](C)(C)C(C)(C)C)[C@H](CO)NC(=O)OC(C)(C)C. The molecule has 0 saturated heterocycles. The zero-order valence-corrected chi connectivity index (χ0v) is 25.7. The molecule has 0 aliphatic carbocycles. The molecule has 208 valence electrons. The van der Waals surface area contributed by atoms with Crippen molar-refractivity contribution in [2.75, 3.05) is 6.61 Å². The highest BCUT2D eigenvalue weighted by molar-refractivity contribution is 6.74. The number of carbonyl (C=O) groups excluding carboxylic acids is 1. The molecule has 0 spiro atoms. The van der Waals surface area contributed by atoms with Gasteiger partial charge in [0.1, 0.15) is 5.60 Å². The van der Waals surface area contributed by atoms with E-state index >= 15 is 0 Å². The summed E-state index contributed by atoms with van der Waals surface area (Å²) < 4.78 is 12.0. The van der Waals surface area contributed by atoms with E-state index in [1.54, 1.807) is 0 Å². The summed E-state index contributed by atoms with van der Waals surface area (Å²) in [6.45, 7) is 18.5. The quantitative estimate of drug-likeness (QED) is 0.109. The summed E-state index contributed by atoms with van der Waals surface area (Å²) in [4.78, 5) is 12.4. The first-order valence-electron chi connectivity index (χ1n) is 14.2. The van der Waals surface area contributed by atoms with Crippen molar-refractivity contribution in [3.05, 3.63) is 12.2 Å². The number of alkyl carbamates (subject to hydrolysis) is 1. The lowest BCUT2D eigenvalue weighted by molar-refractivity contribution is 0.0415. The molecule has 0 aromatic carbocycles. The number of ether oxygens (including phenoxy) is 1. The van der Waals surface area contributed by atoms with Crippen LogP contribution in [-0.2, 0) is 9.16 Å². The topological polar surface area (TPSA) is 67.8 Å². The maximum absolute atomic E-state index is 12.4.